The van der Waals surface area contributed by atoms with E-state index in [0.717, 1.165) is 0 Å². The lowest BCUT2D eigenvalue weighted by Gasteiger charge is -2.10. The molecule has 0 aliphatic carbocycles. The van der Waals surface area contributed by atoms with Gasteiger partial charge in [0.1, 0.15) is 0 Å². The molecule has 0 spiro atoms. The number of nitrogens with zero attached hydrogens (tertiary/aromatic N) is 3. The predicted octanol–water partition coefficient (Wildman–Crippen LogP) is 4.44. The molecule has 1 aromatic heterocycles. The molecular formula is C14H7Cl3N4. The number of nitrogen functional groups attached to an aromatic ring is 1. The van der Waals surface area contributed by atoms with Crippen LogP contribution in [0.1, 0.15) is 5.56 Å². The maximum absolute atomic E-state index is 9.02. The number of nitriles is 1. The fourth-order valence-electron chi connectivity index (χ4n) is 2.10. The van der Waals surface area contributed by atoms with Crippen molar-refractivity contribution in [2.24, 2.45) is 0 Å². The number of imidazole rings is 1. The fraction of sp³-hybridized carbons (Fsp3) is 0. The Labute approximate surface area is 135 Å². The first-order valence-corrected chi connectivity index (χ1v) is 6.97. The van der Waals surface area contributed by atoms with E-state index < -0.39 is 0 Å². The molecule has 0 unspecified atom stereocenters. The molecular weight excluding hydrogens is 331 g/mol. The number of halogens is 3. The molecule has 0 saturated carbocycles. The zero-order valence-corrected chi connectivity index (χ0v) is 12.7. The highest BCUT2D eigenvalue weighted by Crippen LogP contribution is 2.34. The lowest BCUT2D eigenvalue weighted by atomic mass is 10.2. The van der Waals surface area contributed by atoms with E-state index >= 15 is 0 Å². The third-order valence-electron chi connectivity index (χ3n) is 3.04. The van der Waals surface area contributed by atoms with Crippen molar-refractivity contribution >= 4 is 51.8 Å². The van der Waals surface area contributed by atoms with E-state index in [2.05, 4.69) is 11.1 Å². The molecule has 0 radical (unpaired) electrons. The molecule has 1 heterocycles. The third kappa shape index (κ3) is 2.30. The second kappa shape index (κ2) is 5.12. The normalized spacial score (nSPS) is 10.8. The molecule has 2 N–H and O–H groups in total. The minimum Gasteiger partial charge on any atom is -0.369 e. The summed E-state index contributed by atoms with van der Waals surface area (Å²) in [5.74, 6) is 0.250. The highest BCUT2D eigenvalue weighted by atomic mass is 35.5. The molecule has 21 heavy (non-hydrogen) atoms. The van der Waals surface area contributed by atoms with E-state index in [0.29, 0.717) is 37.4 Å². The molecule has 3 rings (SSSR count). The Kier molecular flexibility index (Phi) is 3.42. The van der Waals surface area contributed by atoms with Gasteiger partial charge >= 0.3 is 0 Å². The molecule has 0 fully saturated rings. The van der Waals surface area contributed by atoms with Crippen LogP contribution in [0.2, 0.25) is 15.1 Å². The Morgan fingerprint density at radius 1 is 1.05 bits per heavy atom. The van der Waals surface area contributed by atoms with Gasteiger partial charge in [-0.1, -0.05) is 34.8 Å². The van der Waals surface area contributed by atoms with Gasteiger partial charge in [-0.05, 0) is 30.3 Å². The van der Waals surface area contributed by atoms with Crippen molar-refractivity contribution in [2.45, 2.75) is 0 Å². The number of benzene rings is 2. The topological polar surface area (TPSA) is 67.6 Å². The molecule has 7 heteroatoms. The Bertz CT molecular complexity index is 909. The smallest absolute Gasteiger partial charge is 0.205 e. The summed E-state index contributed by atoms with van der Waals surface area (Å²) >= 11 is 18.2. The van der Waals surface area contributed by atoms with Crippen molar-refractivity contribution in [3.8, 4) is 11.8 Å². The maximum atomic E-state index is 9.02. The van der Waals surface area contributed by atoms with E-state index in [4.69, 9.17) is 45.8 Å². The second-order valence-corrected chi connectivity index (χ2v) is 5.56. The standard InChI is InChI=1S/C14H7Cl3N4/c15-8-4-10(17)12(5-9(8)16)21-13-3-7(6-18)1-2-11(13)20-14(21)19/h1-5H,(H2,19,20). The number of hydrogen-bond acceptors (Lipinski definition) is 3. The molecule has 4 nitrogen and oxygen atoms in total. The van der Waals surface area contributed by atoms with Crippen LogP contribution in [-0.2, 0) is 0 Å². The van der Waals surface area contributed by atoms with Gasteiger partial charge in [-0.2, -0.15) is 5.26 Å². The van der Waals surface area contributed by atoms with Crippen LogP contribution in [0.4, 0.5) is 5.95 Å². The summed E-state index contributed by atoms with van der Waals surface area (Å²) in [5.41, 5.74) is 8.36. The van der Waals surface area contributed by atoms with Crippen LogP contribution in [0.3, 0.4) is 0 Å². The van der Waals surface area contributed by atoms with Crippen molar-refractivity contribution in [3.63, 3.8) is 0 Å². The van der Waals surface area contributed by atoms with Crippen molar-refractivity contribution in [1.82, 2.24) is 9.55 Å². The van der Waals surface area contributed by atoms with Gasteiger partial charge in [0.05, 0.1) is 43.4 Å². The van der Waals surface area contributed by atoms with Crippen LogP contribution >= 0.6 is 34.8 Å². The number of fused-ring (bicyclic) bond motifs is 1. The SMILES string of the molecule is N#Cc1ccc2nc(N)n(-c3cc(Cl)c(Cl)cc3Cl)c2c1. The largest absolute Gasteiger partial charge is 0.369 e. The summed E-state index contributed by atoms with van der Waals surface area (Å²) in [5, 5.41) is 10.1. The van der Waals surface area contributed by atoms with Crippen LogP contribution < -0.4 is 5.73 Å². The third-order valence-corrected chi connectivity index (χ3v) is 4.07. The monoisotopic (exact) mass is 336 g/mol. The van der Waals surface area contributed by atoms with Gasteiger partial charge in [0.15, 0.2) is 0 Å². The van der Waals surface area contributed by atoms with Crippen molar-refractivity contribution < 1.29 is 0 Å². The maximum Gasteiger partial charge on any atom is 0.205 e. The highest BCUT2D eigenvalue weighted by Gasteiger charge is 2.15. The minimum atomic E-state index is 0.250. The van der Waals surface area contributed by atoms with Crippen molar-refractivity contribution in [1.29, 1.82) is 5.26 Å². The zero-order chi connectivity index (χ0) is 15.1. The summed E-state index contributed by atoms with van der Waals surface area (Å²) in [4.78, 5) is 4.25. The van der Waals surface area contributed by atoms with Gasteiger partial charge < -0.3 is 5.73 Å². The summed E-state index contributed by atoms with van der Waals surface area (Å²) in [6.45, 7) is 0. The lowest BCUT2D eigenvalue weighted by Crippen LogP contribution is -2.01. The Morgan fingerprint density at radius 3 is 2.48 bits per heavy atom. The summed E-state index contributed by atoms with van der Waals surface area (Å²) in [6.07, 6.45) is 0. The molecule has 0 atom stereocenters. The predicted molar refractivity (Wildman–Crippen MR) is 85.2 cm³/mol. The van der Waals surface area contributed by atoms with E-state index in [1.807, 2.05) is 0 Å². The van der Waals surface area contributed by atoms with Gasteiger partial charge in [-0.3, -0.25) is 4.57 Å². The van der Waals surface area contributed by atoms with Gasteiger partial charge in [0.25, 0.3) is 0 Å². The molecule has 0 bridgehead atoms. The van der Waals surface area contributed by atoms with Gasteiger partial charge in [0.2, 0.25) is 5.95 Å². The molecule has 0 saturated heterocycles. The average molecular weight is 338 g/mol. The molecule has 3 aromatic rings. The molecule has 0 aliphatic rings. The zero-order valence-electron chi connectivity index (χ0n) is 10.4. The van der Waals surface area contributed by atoms with Gasteiger partial charge in [-0.25, -0.2) is 4.98 Å². The first-order valence-electron chi connectivity index (χ1n) is 5.84. The Hall–Kier alpha value is -1.93. The Balaban J connectivity index is 2.37. The van der Waals surface area contributed by atoms with Crippen molar-refractivity contribution in [2.75, 3.05) is 5.73 Å². The van der Waals surface area contributed by atoms with E-state index in [9.17, 15) is 0 Å². The lowest BCUT2D eigenvalue weighted by molar-refractivity contribution is 1.11. The summed E-state index contributed by atoms with van der Waals surface area (Å²) < 4.78 is 1.64. The molecule has 2 aromatic carbocycles. The van der Waals surface area contributed by atoms with E-state index in [-0.39, 0.29) is 5.95 Å². The molecule has 0 aliphatic heterocycles. The van der Waals surface area contributed by atoms with Crippen molar-refractivity contribution in [3.05, 3.63) is 51.0 Å². The summed E-state index contributed by atoms with van der Waals surface area (Å²) in [7, 11) is 0. The number of rotatable bonds is 1. The molecule has 104 valence electrons. The van der Waals surface area contributed by atoms with Crippen LogP contribution in [0.15, 0.2) is 30.3 Å². The number of anilines is 1. The van der Waals surface area contributed by atoms with Crippen LogP contribution in [0.25, 0.3) is 16.7 Å². The highest BCUT2D eigenvalue weighted by molar-refractivity contribution is 6.43. The first-order chi connectivity index (χ1) is 10.0. The Morgan fingerprint density at radius 2 is 1.76 bits per heavy atom. The van der Waals surface area contributed by atoms with Gasteiger partial charge in [-0.15, -0.1) is 0 Å². The number of hydrogen-bond donors (Lipinski definition) is 1. The van der Waals surface area contributed by atoms with Gasteiger partial charge in [0, 0.05) is 0 Å². The molecule has 0 amide bonds. The first kappa shape index (κ1) is 14.0. The van der Waals surface area contributed by atoms with E-state index in [1.54, 1.807) is 34.9 Å². The minimum absolute atomic E-state index is 0.250. The van der Waals surface area contributed by atoms with Crippen LogP contribution in [-0.4, -0.2) is 9.55 Å². The van der Waals surface area contributed by atoms with Crippen LogP contribution in [0, 0.1) is 11.3 Å². The quantitative estimate of drug-likeness (QED) is 0.667. The number of nitrogens with two attached hydrogens (primary N) is 1. The van der Waals surface area contributed by atoms with Crippen LogP contribution in [0.5, 0.6) is 0 Å². The fourth-order valence-corrected chi connectivity index (χ4v) is 2.73. The van der Waals surface area contributed by atoms with E-state index in [1.165, 1.54) is 0 Å². The summed E-state index contributed by atoms with van der Waals surface area (Å²) in [6, 6.07) is 10.3. The average Bonchev–Trinajstić information content (AvgIpc) is 2.78. The number of aromatic nitrogens is 2. The second-order valence-electron chi connectivity index (χ2n) is 4.34.